The van der Waals surface area contributed by atoms with Gasteiger partial charge in [-0.3, -0.25) is 4.79 Å². The molecule has 0 aromatic heterocycles. The fourth-order valence-electron chi connectivity index (χ4n) is 2.98. The lowest BCUT2D eigenvalue weighted by molar-refractivity contribution is -0.136. The normalized spacial score (nSPS) is 12.3. The van der Waals surface area contributed by atoms with Gasteiger partial charge in [-0.15, -0.1) is 12.4 Å². The second kappa shape index (κ2) is 11.2. The largest absolute Gasteiger partial charge is 0.481 e. The Labute approximate surface area is 176 Å². The van der Waals surface area contributed by atoms with Gasteiger partial charge in [0.1, 0.15) is 0 Å². The molecule has 0 aliphatic carbocycles. The van der Waals surface area contributed by atoms with Gasteiger partial charge >= 0.3 is 5.97 Å². The van der Waals surface area contributed by atoms with Crippen LogP contribution in [0.15, 0.2) is 42.5 Å². The topological polar surface area (TPSA) is 69.6 Å². The summed E-state index contributed by atoms with van der Waals surface area (Å²) in [5, 5.41) is 22.4. The number of benzene rings is 2. The van der Waals surface area contributed by atoms with Gasteiger partial charge in [0.2, 0.25) is 0 Å². The van der Waals surface area contributed by atoms with Crippen LogP contribution >= 0.6 is 12.4 Å². The lowest BCUT2D eigenvalue weighted by atomic mass is 9.94. The van der Waals surface area contributed by atoms with Crippen molar-refractivity contribution in [1.82, 2.24) is 5.32 Å². The molecule has 0 radical (unpaired) electrons. The molecule has 29 heavy (non-hydrogen) atoms. The molecule has 0 aliphatic rings. The minimum absolute atomic E-state index is 0. The van der Waals surface area contributed by atoms with E-state index in [9.17, 15) is 18.7 Å². The van der Waals surface area contributed by atoms with E-state index in [2.05, 4.69) is 5.32 Å². The molecule has 0 spiro atoms. The number of nitrogens with one attached hydrogen (secondary N) is 1. The number of aliphatic carboxylic acids is 1. The molecule has 0 fully saturated rings. The van der Waals surface area contributed by atoms with Crippen molar-refractivity contribution in [2.24, 2.45) is 0 Å². The van der Waals surface area contributed by atoms with E-state index >= 15 is 0 Å². The van der Waals surface area contributed by atoms with E-state index in [1.807, 2.05) is 44.2 Å². The first-order chi connectivity index (χ1) is 13.2. The van der Waals surface area contributed by atoms with E-state index in [-0.39, 0.29) is 42.9 Å². The Kier molecular flexibility index (Phi) is 9.70. The van der Waals surface area contributed by atoms with Crippen LogP contribution < -0.4 is 5.32 Å². The summed E-state index contributed by atoms with van der Waals surface area (Å²) in [6.07, 6.45) is 0.299. The van der Waals surface area contributed by atoms with Crippen LogP contribution in [-0.2, 0) is 17.6 Å². The summed E-state index contributed by atoms with van der Waals surface area (Å²) in [6.45, 7) is 4.03. The SMILES string of the molecule is CC(C)(CCc1ccccc1)NC[C@@H](O)c1cc(CCC(=O)O)cc(F)c1F.Cl. The van der Waals surface area contributed by atoms with Crippen LogP contribution in [0.4, 0.5) is 8.78 Å². The highest BCUT2D eigenvalue weighted by Gasteiger charge is 2.22. The van der Waals surface area contributed by atoms with Gasteiger partial charge < -0.3 is 15.5 Å². The van der Waals surface area contributed by atoms with E-state index in [0.29, 0.717) is 5.56 Å². The number of aryl methyl sites for hydroxylation is 2. The highest BCUT2D eigenvalue weighted by molar-refractivity contribution is 5.85. The van der Waals surface area contributed by atoms with Gasteiger partial charge in [0, 0.05) is 24.1 Å². The first-order valence-electron chi connectivity index (χ1n) is 9.34. The van der Waals surface area contributed by atoms with Crippen LogP contribution in [0, 0.1) is 11.6 Å². The van der Waals surface area contributed by atoms with Crippen LogP contribution in [0.2, 0.25) is 0 Å². The first kappa shape index (κ1) is 25.0. The molecule has 0 aliphatic heterocycles. The Morgan fingerprint density at radius 3 is 2.38 bits per heavy atom. The minimum atomic E-state index is -1.24. The molecule has 2 aromatic rings. The fraction of sp³-hybridized carbons (Fsp3) is 0.409. The second-order valence-electron chi connectivity index (χ2n) is 7.64. The number of carboxylic acid groups (broad SMARTS) is 1. The zero-order valence-corrected chi connectivity index (χ0v) is 17.4. The molecule has 2 rings (SSSR count). The molecule has 0 bridgehead atoms. The Hall–Kier alpha value is -2.02. The molecule has 0 saturated heterocycles. The van der Waals surface area contributed by atoms with Crippen molar-refractivity contribution in [2.45, 2.75) is 51.2 Å². The van der Waals surface area contributed by atoms with Crippen LogP contribution in [0.25, 0.3) is 0 Å². The quantitative estimate of drug-likeness (QED) is 0.524. The molecule has 7 heteroatoms. The number of hydrogen-bond acceptors (Lipinski definition) is 3. The summed E-state index contributed by atoms with van der Waals surface area (Å²) in [4.78, 5) is 10.7. The number of halogens is 3. The molecule has 3 N–H and O–H groups in total. The monoisotopic (exact) mass is 427 g/mol. The van der Waals surface area contributed by atoms with E-state index in [1.165, 1.54) is 11.6 Å². The molecule has 0 unspecified atom stereocenters. The Morgan fingerprint density at radius 2 is 1.76 bits per heavy atom. The van der Waals surface area contributed by atoms with Gasteiger partial charge in [0.05, 0.1) is 6.10 Å². The van der Waals surface area contributed by atoms with E-state index in [1.54, 1.807) is 0 Å². The average Bonchev–Trinajstić information content (AvgIpc) is 2.66. The predicted molar refractivity (Wildman–Crippen MR) is 111 cm³/mol. The summed E-state index contributed by atoms with van der Waals surface area (Å²) in [6, 6.07) is 12.3. The van der Waals surface area contributed by atoms with Gasteiger partial charge in [0.25, 0.3) is 0 Å². The molecule has 0 amide bonds. The van der Waals surface area contributed by atoms with Gasteiger partial charge in [-0.1, -0.05) is 30.3 Å². The first-order valence-corrected chi connectivity index (χ1v) is 9.34. The Balaban J connectivity index is 0.00000420. The van der Waals surface area contributed by atoms with Crippen molar-refractivity contribution in [1.29, 1.82) is 0 Å². The van der Waals surface area contributed by atoms with Crippen molar-refractivity contribution >= 4 is 18.4 Å². The number of rotatable bonds is 10. The molecule has 0 saturated carbocycles. The summed E-state index contributed by atoms with van der Waals surface area (Å²) >= 11 is 0. The zero-order chi connectivity index (χ0) is 20.7. The summed E-state index contributed by atoms with van der Waals surface area (Å²) in [5.74, 6) is -3.20. The maximum Gasteiger partial charge on any atom is 0.303 e. The summed E-state index contributed by atoms with van der Waals surface area (Å²) < 4.78 is 28.0. The van der Waals surface area contributed by atoms with Gasteiger partial charge in [-0.05, 0) is 56.4 Å². The second-order valence-corrected chi connectivity index (χ2v) is 7.64. The van der Waals surface area contributed by atoms with Gasteiger partial charge in [-0.2, -0.15) is 0 Å². The van der Waals surface area contributed by atoms with Crippen LogP contribution in [0.3, 0.4) is 0 Å². The third-order valence-corrected chi connectivity index (χ3v) is 4.76. The lowest BCUT2D eigenvalue weighted by Gasteiger charge is -2.28. The van der Waals surface area contributed by atoms with E-state index in [0.717, 1.165) is 18.9 Å². The van der Waals surface area contributed by atoms with Crippen molar-refractivity contribution in [3.05, 3.63) is 70.8 Å². The molecule has 160 valence electrons. The number of aliphatic hydroxyl groups is 1. The van der Waals surface area contributed by atoms with Crippen molar-refractivity contribution < 1.29 is 23.8 Å². The minimum Gasteiger partial charge on any atom is -0.481 e. The maximum atomic E-state index is 14.1. The molecule has 0 heterocycles. The third-order valence-electron chi connectivity index (χ3n) is 4.76. The third kappa shape index (κ3) is 8.09. The number of β-amino-alcohol motifs (C(OH)–C–C–N with tert-alkyl or cyclic N) is 1. The molecule has 4 nitrogen and oxygen atoms in total. The maximum absolute atomic E-state index is 14.1. The highest BCUT2D eigenvalue weighted by atomic mass is 35.5. The van der Waals surface area contributed by atoms with Crippen molar-refractivity contribution in [2.75, 3.05) is 6.54 Å². The Bertz CT molecular complexity index is 800. The number of carbonyl (C=O) groups is 1. The van der Waals surface area contributed by atoms with E-state index < -0.39 is 23.7 Å². The number of aliphatic hydroxyl groups excluding tert-OH is 1. The standard InChI is InChI=1S/C22H27F2NO3.ClH/c1-22(2,11-10-15-6-4-3-5-7-15)25-14-19(26)17-12-16(8-9-20(27)28)13-18(23)21(17)24;/h3-7,12-13,19,25-26H,8-11,14H2,1-2H3,(H,27,28);1H/t19-;/m1./s1. The number of carboxylic acids is 1. The lowest BCUT2D eigenvalue weighted by Crippen LogP contribution is -2.42. The van der Waals surface area contributed by atoms with E-state index in [4.69, 9.17) is 5.11 Å². The number of hydrogen-bond donors (Lipinski definition) is 3. The van der Waals surface area contributed by atoms with Gasteiger partial charge in [0.15, 0.2) is 11.6 Å². The van der Waals surface area contributed by atoms with Crippen LogP contribution in [-0.4, -0.2) is 28.3 Å². The zero-order valence-electron chi connectivity index (χ0n) is 16.6. The van der Waals surface area contributed by atoms with Crippen LogP contribution in [0.5, 0.6) is 0 Å². The highest BCUT2D eigenvalue weighted by Crippen LogP contribution is 2.23. The molecular formula is C22H28ClF2NO3. The predicted octanol–water partition coefficient (Wildman–Crippen LogP) is 4.44. The van der Waals surface area contributed by atoms with Crippen LogP contribution in [0.1, 0.15) is 49.5 Å². The van der Waals surface area contributed by atoms with Crippen molar-refractivity contribution in [3.8, 4) is 0 Å². The fourth-order valence-corrected chi connectivity index (χ4v) is 2.98. The van der Waals surface area contributed by atoms with Crippen molar-refractivity contribution in [3.63, 3.8) is 0 Å². The smallest absolute Gasteiger partial charge is 0.303 e. The molecule has 1 atom stereocenters. The summed E-state index contributed by atoms with van der Waals surface area (Å²) in [5.41, 5.74) is 1.08. The average molecular weight is 428 g/mol. The van der Waals surface area contributed by atoms with Gasteiger partial charge in [-0.25, -0.2) is 8.78 Å². The molecular weight excluding hydrogens is 400 g/mol. The Morgan fingerprint density at radius 1 is 1.10 bits per heavy atom. The summed E-state index contributed by atoms with van der Waals surface area (Å²) in [7, 11) is 0. The molecule has 2 aromatic carbocycles.